The van der Waals surface area contributed by atoms with E-state index >= 15 is 0 Å². The predicted octanol–water partition coefficient (Wildman–Crippen LogP) is 2.84. The average Bonchev–Trinajstić information content (AvgIpc) is 3.12. The lowest BCUT2D eigenvalue weighted by molar-refractivity contribution is -0.125. The van der Waals surface area contributed by atoms with Crippen LogP contribution in [0.5, 0.6) is 0 Å². The van der Waals surface area contributed by atoms with Crippen LogP contribution in [0.25, 0.3) is 0 Å². The maximum Gasteiger partial charge on any atom is 0.227 e. The van der Waals surface area contributed by atoms with Crippen molar-refractivity contribution >= 4 is 23.5 Å². The Kier molecular flexibility index (Phi) is 3.16. The van der Waals surface area contributed by atoms with Crippen LogP contribution in [0.1, 0.15) is 31.9 Å². The van der Waals surface area contributed by atoms with Crippen molar-refractivity contribution in [1.82, 2.24) is 19.7 Å². The Morgan fingerprint density at radius 1 is 1.43 bits per heavy atom. The molecule has 7 heteroatoms. The average molecular weight is 329 g/mol. The van der Waals surface area contributed by atoms with E-state index in [9.17, 15) is 4.79 Å². The fourth-order valence-electron chi connectivity index (χ4n) is 3.55. The second kappa shape index (κ2) is 4.99. The van der Waals surface area contributed by atoms with Gasteiger partial charge in [0.1, 0.15) is 5.78 Å². The minimum atomic E-state index is -0.234. The Hall–Kier alpha value is -2.02. The summed E-state index contributed by atoms with van der Waals surface area (Å²) in [4.78, 5) is 20.5. The molecule has 0 unspecified atom stereocenters. The minimum absolute atomic E-state index is 0.136. The molecule has 2 aromatic heterocycles. The van der Waals surface area contributed by atoms with Crippen LogP contribution in [-0.2, 0) is 4.79 Å². The predicted molar refractivity (Wildman–Crippen MR) is 89.3 cm³/mol. The van der Waals surface area contributed by atoms with Crippen LogP contribution in [0, 0.1) is 11.3 Å². The van der Waals surface area contributed by atoms with E-state index in [1.165, 1.54) is 11.8 Å². The number of hydrogen-bond acceptors (Lipinski definition) is 5. The summed E-state index contributed by atoms with van der Waals surface area (Å²) in [6.45, 7) is 4.18. The molecule has 0 spiro atoms. The van der Waals surface area contributed by atoms with Gasteiger partial charge in [0, 0.05) is 24.5 Å². The van der Waals surface area contributed by atoms with Crippen LogP contribution in [0.2, 0.25) is 0 Å². The summed E-state index contributed by atoms with van der Waals surface area (Å²) in [6, 6.07) is 1.85. The molecule has 0 fully saturated rings. The van der Waals surface area contributed by atoms with Crippen molar-refractivity contribution in [1.29, 1.82) is 0 Å². The lowest BCUT2D eigenvalue weighted by Gasteiger charge is -2.39. The standard InChI is InChI=1S/C16H19N5OS/c1-16(2)6-10-12(11(22)7-16)13(9-4-5-17-8-9)21-14(18-10)19-15(20-21)23-3/h4-6,8,12-13,17H,7H2,1-3H3,(H,18,19,20)/t12-,13-/m0/s1. The van der Waals surface area contributed by atoms with E-state index in [4.69, 9.17) is 0 Å². The van der Waals surface area contributed by atoms with Crippen molar-refractivity contribution in [3.8, 4) is 0 Å². The van der Waals surface area contributed by atoms with Gasteiger partial charge in [-0.05, 0) is 23.3 Å². The third-order valence-electron chi connectivity index (χ3n) is 4.45. The van der Waals surface area contributed by atoms with Gasteiger partial charge in [0.25, 0.3) is 0 Å². The number of thioether (sulfide) groups is 1. The maximum atomic E-state index is 12.9. The second-order valence-corrected chi connectivity index (χ2v) is 7.56. The molecule has 0 bridgehead atoms. The number of aromatic nitrogens is 4. The number of carbonyl (C=O) groups is 1. The number of nitrogens with one attached hydrogen (secondary N) is 2. The third-order valence-corrected chi connectivity index (χ3v) is 4.99. The number of ketones is 1. The summed E-state index contributed by atoms with van der Waals surface area (Å²) < 4.78 is 1.85. The highest BCUT2D eigenvalue weighted by atomic mass is 32.2. The number of nitrogens with zero attached hydrogens (tertiary/aromatic N) is 3. The van der Waals surface area contributed by atoms with Crippen LogP contribution in [0.4, 0.5) is 5.95 Å². The summed E-state index contributed by atoms with van der Waals surface area (Å²) in [5.74, 6) is 0.717. The van der Waals surface area contributed by atoms with Gasteiger partial charge in [0.2, 0.25) is 11.1 Å². The Morgan fingerprint density at radius 3 is 2.96 bits per heavy atom. The smallest absolute Gasteiger partial charge is 0.227 e. The van der Waals surface area contributed by atoms with Gasteiger partial charge in [-0.2, -0.15) is 4.98 Å². The van der Waals surface area contributed by atoms with E-state index < -0.39 is 0 Å². The first-order chi connectivity index (χ1) is 11.0. The number of carbonyl (C=O) groups excluding carboxylic acids is 1. The zero-order valence-electron chi connectivity index (χ0n) is 13.3. The summed E-state index contributed by atoms with van der Waals surface area (Å²) in [5.41, 5.74) is 1.86. The first-order valence-corrected chi connectivity index (χ1v) is 8.87. The van der Waals surface area contributed by atoms with Crippen LogP contribution >= 0.6 is 11.8 Å². The van der Waals surface area contributed by atoms with Gasteiger partial charge in [0.15, 0.2) is 0 Å². The van der Waals surface area contributed by atoms with E-state index in [0.717, 1.165) is 11.3 Å². The van der Waals surface area contributed by atoms with E-state index in [1.807, 2.05) is 29.4 Å². The van der Waals surface area contributed by atoms with Gasteiger partial charge < -0.3 is 10.3 Å². The number of H-pyrrole nitrogens is 1. The van der Waals surface area contributed by atoms with Crippen molar-refractivity contribution in [2.24, 2.45) is 11.3 Å². The Bertz CT molecular complexity index is 790. The fourth-order valence-corrected chi connectivity index (χ4v) is 3.90. The number of rotatable bonds is 2. The topological polar surface area (TPSA) is 75.6 Å². The number of aromatic amines is 1. The molecule has 0 saturated carbocycles. The van der Waals surface area contributed by atoms with Crippen molar-refractivity contribution in [3.63, 3.8) is 0 Å². The molecule has 0 radical (unpaired) electrons. The van der Waals surface area contributed by atoms with Gasteiger partial charge >= 0.3 is 0 Å². The molecule has 2 aromatic rings. The second-order valence-electron chi connectivity index (χ2n) is 6.79. The van der Waals surface area contributed by atoms with Crippen molar-refractivity contribution in [2.75, 3.05) is 11.6 Å². The third kappa shape index (κ3) is 2.30. The minimum Gasteiger partial charge on any atom is -0.367 e. The van der Waals surface area contributed by atoms with Gasteiger partial charge in [-0.1, -0.05) is 31.7 Å². The van der Waals surface area contributed by atoms with E-state index in [2.05, 4.69) is 40.3 Å². The highest BCUT2D eigenvalue weighted by molar-refractivity contribution is 7.98. The molecular weight excluding hydrogens is 310 g/mol. The lowest BCUT2D eigenvalue weighted by atomic mass is 9.72. The van der Waals surface area contributed by atoms with Gasteiger partial charge in [-0.3, -0.25) is 4.79 Å². The lowest BCUT2D eigenvalue weighted by Crippen LogP contribution is -2.41. The summed E-state index contributed by atoms with van der Waals surface area (Å²) in [6.07, 6.45) is 8.49. The largest absolute Gasteiger partial charge is 0.367 e. The zero-order valence-corrected chi connectivity index (χ0v) is 14.1. The molecular formula is C16H19N5OS. The molecule has 120 valence electrons. The summed E-state index contributed by atoms with van der Waals surface area (Å²) in [7, 11) is 0. The Labute approximate surface area is 138 Å². The van der Waals surface area contributed by atoms with Gasteiger partial charge in [0.05, 0.1) is 12.0 Å². The van der Waals surface area contributed by atoms with Crippen LogP contribution in [-0.4, -0.2) is 31.8 Å². The van der Waals surface area contributed by atoms with Crippen LogP contribution < -0.4 is 5.32 Å². The number of fused-ring (bicyclic) bond motifs is 2. The van der Waals surface area contributed by atoms with Crippen molar-refractivity contribution in [2.45, 2.75) is 31.5 Å². The highest BCUT2D eigenvalue weighted by Gasteiger charge is 2.45. The van der Waals surface area contributed by atoms with E-state index in [1.54, 1.807) is 0 Å². The van der Waals surface area contributed by atoms with Crippen LogP contribution in [0.3, 0.4) is 0 Å². The molecule has 1 aliphatic carbocycles. The molecule has 2 aliphatic rings. The number of allylic oxidation sites excluding steroid dienone is 2. The molecule has 2 N–H and O–H groups in total. The van der Waals surface area contributed by atoms with E-state index in [-0.39, 0.29) is 23.2 Å². The molecule has 0 saturated heterocycles. The number of hydrogen-bond donors (Lipinski definition) is 2. The Morgan fingerprint density at radius 2 is 2.26 bits per heavy atom. The van der Waals surface area contributed by atoms with E-state index in [0.29, 0.717) is 17.5 Å². The summed E-state index contributed by atoms with van der Waals surface area (Å²) >= 11 is 1.50. The van der Waals surface area contributed by atoms with Crippen molar-refractivity contribution < 1.29 is 4.79 Å². The molecule has 0 aromatic carbocycles. The van der Waals surface area contributed by atoms with Crippen molar-refractivity contribution in [3.05, 3.63) is 35.8 Å². The summed E-state index contributed by atoms with van der Waals surface area (Å²) in [5, 5.41) is 8.63. The molecule has 6 nitrogen and oxygen atoms in total. The Balaban J connectivity index is 1.91. The number of anilines is 1. The quantitative estimate of drug-likeness (QED) is 0.829. The molecule has 23 heavy (non-hydrogen) atoms. The first-order valence-electron chi connectivity index (χ1n) is 7.64. The molecule has 1 aliphatic heterocycles. The van der Waals surface area contributed by atoms with Crippen LogP contribution in [0.15, 0.2) is 35.4 Å². The first kappa shape index (κ1) is 14.6. The molecule has 0 amide bonds. The fraction of sp³-hybridized carbons (Fsp3) is 0.438. The highest BCUT2D eigenvalue weighted by Crippen LogP contribution is 2.45. The zero-order chi connectivity index (χ0) is 16.2. The SMILES string of the molecule is CSc1nc2n(n1)[C@@H](c1cc[nH]c1)[C@@H]1C(=O)CC(C)(C)C=C1N2. The normalized spacial score (nSPS) is 25.3. The van der Waals surface area contributed by atoms with Gasteiger partial charge in [-0.15, -0.1) is 5.10 Å². The number of Topliss-reactive ketones (excluding diaryl/α,β-unsaturated/α-hetero) is 1. The van der Waals surface area contributed by atoms with Gasteiger partial charge in [-0.25, -0.2) is 4.68 Å². The maximum absolute atomic E-state index is 12.9. The monoisotopic (exact) mass is 329 g/mol. The molecule has 3 heterocycles. The molecule has 4 rings (SSSR count). The molecule has 2 atom stereocenters.